The van der Waals surface area contributed by atoms with E-state index in [1.807, 2.05) is 25.1 Å². The number of aliphatic imine (C=N–C) groups is 1. The van der Waals surface area contributed by atoms with Gasteiger partial charge in [0.05, 0.1) is 13.2 Å². The minimum atomic E-state index is -4.73. The van der Waals surface area contributed by atoms with Crippen molar-refractivity contribution in [1.82, 2.24) is 0 Å². The van der Waals surface area contributed by atoms with Gasteiger partial charge in [0.1, 0.15) is 11.5 Å². The number of nitrogens with two attached hydrogens (primary N) is 1. The Morgan fingerprint density at radius 2 is 1.83 bits per heavy atom. The summed E-state index contributed by atoms with van der Waals surface area (Å²) >= 11 is 0. The summed E-state index contributed by atoms with van der Waals surface area (Å²) in [5.74, 6) is 0.542. The van der Waals surface area contributed by atoms with Crippen molar-refractivity contribution in [2.45, 2.75) is 26.3 Å². The zero-order valence-corrected chi connectivity index (χ0v) is 16.3. The monoisotopic (exact) mass is 411 g/mol. The third kappa shape index (κ3) is 8.30. The van der Waals surface area contributed by atoms with E-state index in [-0.39, 0.29) is 18.3 Å². The molecule has 2 aromatic rings. The molecule has 0 radical (unpaired) electrons. The predicted octanol–water partition coefficient (Wildman–Crippen LogP) is 4.24. The number of aryl methyl sites for hydroxylation is 1. The highest BCUT2D eigenvalue weighted by Crippen LogP contribution is 2.24. The summed E-state index contributed by atoms with van der Waals surface area (Å²) in [6, 6.07) is 11.0. The number of hydrogen-bond donors (Lipinski definition) is 2. The van der Waals surface area contributed by atoms with E-state index < -0.39 is 6.36 Å². The summed E-state index contributed by atoms with van der Waals surface area (Å²) in [4.78, 5) is 4.27. The van der Waals surface area contributed by atoms with Crippen molar-refractivity contribution in [1.29, 1.82) is 0 Å². The Balaban J connectivity index is 1.97. The van der Waals surface area contributed by atoms with Crippen LogP contribution in [0.1, 0.15) is 17.5 Å². The van der Waals surface area contributed by atoms with Gasteiger partial charge < -0.3 is 25.3 Å². The molecular formula is C20H24F3N3O3. The number of methoxy groups -OCH3 is 1. The summed E-state index contributed by atoms with van der Waals surface area (Å²) < 4.78 is 51.2. The van der Waals surface area contributed by atoms with Crippen LogP contribution in [0.2, 0.25) is 0 Å². The number of rotatable bonds is 9. The lowest BCUT2D eigenvalue weighted by atomic mass is 10.1. The van der Waals surface area contributed by atoms with E-state index in [4.69, 9.17) is 15.2 Å². The molecule has 2 rings (SSSR count). The number of hydrogen-bond acceptors (Lipinski definition) is 4. The number of ether oxygens (including phenoxy) is 3. The molecule has 0 aliphatic carbocycles. The predicted molar refractivity (Wildman–Crippen MR) is 105 cm³/mol. The van der Waals surface area contributed by atoms with E-state index in [1.54, 1.807) is 7.11 Å². The number of benzene rings is 2. The number of anilines is 1. The van der Waals surface area contributed by atoms with Gasteiger partial charge in [-0.3, -0.25) is 0 Å². The average molecular weight is 411 g/mol. The molecule has 6 nitrogen and oxygen atoms in total. The van der Waals surface area contributed by atoms with Gasteiger partial charge in [-0.2, -0.15) is 0 Å². The molecule has 0 heterocycles. The van der Waals surface area contributed by atoms with Crippen LogP contribution in [0, 0.1) is 6.92 Å². The van der Waals surface area contributed by atoms with Gasteiger partial charge >= 0.3 is 6.36 Å². The van der Waals surface area contributed by atoms with Gasteiger partial charge in [0.15, 0.2) is 5.96 Å². The Kier molecular flexibility index (Phi) is 8.14. The van der Waals surface area contributed by atoms with Crippen molar-refractivity contribution < 1.29 is 27.4 Å². The molecule has 3 N–H and O–H groups in total. The fraction of sp³-hybridized carbons (Fsp3) is 0.350. The topological polar surface area (TPSA) is 78.1 Å². The number of halogens is 3. The summed E-state index contributed by atoms with van der Waals surface area (Å²) in [7, 11) is 1.64. The second-order valence-electron chi connectivity index (χ2n) is 6.20. The van der Waals surface area contributed by atoms with Crippen LogP contribution in [-0.2, 0) is 11.3 Å². The third-order valence-electron chi connectivity index (χ3n) is 3.75. The van der Waals surface area contributed by atoms with E-state index in [2.05, 4.69) is 15.0 Å². The maximum Gasteiger partial charge on any atom is 0.573 e. The van der Waals surface area contributed by atoms with E-state index in [0.29, 0.717) is 18.9 Å². The highest BCUT2D eigenvalue weighted by Gasteiger charge is 2.30. The first-order chi connectivity index (χ1) is 13.8. The zero-order chi connectivity index (χ0) is 21.3. The van der Waals surface area contributed by atoms with E-state index in [1.165, 1.54) is 24.3 Å². The molecule has 0 fully saturated rings. The number of guanidine groups is 1. The highest BCUT2D eigenvalue weighted by molar-refractivity contribution is 5.92. The average Bonchev–Trinajstić information content (AvgIpc) is 2.65. The normalized spacial score (nSPS) is 12.0. The molecule has 0 aliphatic rings. The molecule has 158 valence electrons. The Hall–Kier alpha value is -2.94. The maximum absolute atomic E-state index is 12.2. The second kappa shape index (κ2) is 10.6. The zero-order valence-electron chi connectivity index (χ0n) is 16.3. The second-order valence-corrected chi connectivity index (χ2v) is 6.20. The molecule has 0 amide bonds. The Bertz CT molecular complexity index is 809. The first-order valence-electron chi connectivity index (χ1n) is 8.91. The smallest absolute Gasteiger partial charge is 0.493 e. The van der Waals surface area contributed by atoms with Crippen LogP contribution in [-0.4, -0.2) is 32.6 Å². The van der Waals surface area contributed by atoms with Crippen LogP contribution in [0.3, 0.4) is 0 Å². The molecule has 0 unspecified atom stereocenters. The molecule has 9 heteroatoms. The van der Waals surface area contributed by atoms with Crippen LogP contribution in [0.5, 0.6) is 11.5 Å². The molecule has 29 heavy (non-hydrogen) atoms. The lowest BCUT2D eigenvalue weighted by Gasteiger charge is -2.12. The van der Waals surface area contributed by atoms with Gasteiger partial charge in [-0.1, -0.05) is 12.1 Å². The number of nitrogens with zero attached hydrogens (tertiary/aromatic N) is 1. The summed E-state index contributed by atoms with van der Waals surface area (Å²) in [5, 5.41) is 2.83. The van der Waals surface area contributed by atoms with Gasteiger partial charge in [-0.05, 0) is 42.8 Å². The van der Waals surface area contributed by atoms with Crippen molar-refractivity contribution in [2.24, 2.45) is 10.7 Å². The van der Waals surface area contributed by atoms with Gasteiger partial charge in [0, 0.05) is 31.4 Å². The van der Waals surface area contributed by atoms with Gasteiger partial charge in [-0.15, -0.1) is 13.2 Å². The fourth-order valence-corrected chi connectivity index (χ4v) is 2.41. The quantitative estimate of drug-likeness (QED) is 0.367. The van der Waals surface area contributed by atoms with E-state index in [0.717, 1.165) is 23.3 Å². The van der Waals surface area contributed by atoms with Crippen molar-refractivity contribution in [2.75, 3.05) is 25.6 Å². The van der Waals surface area contributed by atoms with Gasteiger partial charge in [0.25, 0.3) is 0 Å². The van der Waals surface area contributed by atoms with Crippen molar-refractivity contribution in [3.63, 3.8) is 0 Å². The van der Waals surface area contributed by atoms with Crippen molar-refractivity contribution in [3.8, 4) is 11.5 Å². The third-order valence-corrected chi connectivity index (χ3v) is 3.75. The molecule has 2 aromatic carbocycles. The van der Waals surface area contributed by atoms with Gasteiger partial charge in [-0.25, -0.2) is 4.99 Å². The molecule has 0 aliphatic heterocycles. The molecule has 0 spiro atoms. The fourth-order valence-electron chi connectivity index (χ4n) is 2.41. The van der Waals surface area contributed by atoms with Crippen LogP contribution in [0.15, 0.2) is 47.5 Å². The minimum absolute atomic E-state index is 0.125. The minimum Gasteiger partial charge on any atom is -0.493 e. The van der Waals surface area contributed by atoms with Crippen molar-refractivity contribution in [3.05, 3.63) is 53.6 Å². The van der Waals surface area contributed by atoms with E-state index in [9.17, 15) is 13.2 Å². The largest absolute Gasteiger partial charge is 0.573 e. The first kappa shape index (κ1) is 22.4. The Morgan fingerprint density at radius 3 is 2.48 bits per heavy atom. The number of nitrogens with one attached hydrogen (secondary N) is 1. The van der Waals surface area contributed by atoms with Crippen LogP contribution >= 0.6 is 0 Å². The van der Waals surface area contributed by atoms with Crippen LogP contribution in [0.25, 0.3) is 0 Å². The molecule has 0 saturated heterocycles. The summed E-state index contributed by atoms with van der Waals surface area (Å²) in [6.45, 7) is 3.39. The Morgan fingerprint density at radius 1 is 1.10 bits per heavy atom. The lowest BCUT2D eigenvalue weighted by Crippen LogP contribution is -2.22. The molecular weight excluding hydrogens is 387 g/mol. The van der Waals surface area contributed by atoms with E-state index >= 15 is 0 Å². The standard InChI is InChI=1S/C20H24F3N3O3/c1-14-4-5-15(18(12-14)28-11-3-10-27-2)13-25-19(24)26-16-6-8-17(9-7-16)29-20(21,22)23/h4-9,12H,3,10-11,13H2,1-2H3,(H3,24,25,26). The highest BCUT2D eigenvalue weighted by atomic mass is 19.4. The lowest BCUT2D eigenvalue weighted by molar-refractivity contribution is -0.274. The van der Waals surface area contributed by atoms with Crippen molar-refractivity contribution >= 4 is 11.6 Å². The summed E-state index contributed by atoms with van der Waals surface area (Å²) in [6.07, 6.45) is -3.96. The van der Waals surface area contributed by atoms with Crippen LogP contribution in [0.4, 0.5) is 18.9 Å². The SMILES string of the molecule is COCCCOc1cc(C)ccc1CN=C(N)Nc1ccc(OC(F)(F)F)cc1. The molecule has 0 saturated carbocycles. The maximum atomic E-state index is 12.2. The Labute approximate surface area is 167 Å². The van der Waals surface area contributed by atoms with Gasteiger partial charge in [0.2, 0.25) is 0 Å². The number of alkyl halides is 3. The molecule has 0 bridgehead atoms. The van der Waals surface area contributed by atoms with Crippen LogP contribution < -0.4 is 20.5 Å². The molecule has 0 atom stereocenters. The summed E-state index contributed by atoms with van der Waals surface area (Å²) in [5.41, 5.74) is 8.30. The molecule has 0 aromatic heterocycles. The first-order valence-corrected chi connectivity index (χ1v) is 8.91.